The van der Waals surface area contributed by atoms with Crippen LogP contribution in [0.15, 0.2) is 40.9 Å². The standard InChI is InChI=1S/C15H16N2O3/c18-15(19)14-8-13(20-16-14)10-17-7-6-12(9-17)11-4-2-1-3-5-11/h1-5,8,12H,6-7,9-10H2,(H,18,19). The summed E-state index contributed by atoms with van der Waals surface area (Å²) in [4.78, 5) is 13.0. The second-order valence-corrected chi connectivity index (χ2v) is 5.12. The molecule has 0 spiro atoms. The van der Waals surface area contributed by atoms with Gasteiger partial charge in [0.1, 0.15) is 0 Å². The van der Waals surface area contributed by atoms with Crippen LogP contribution in [0.2, 0.25) is 0 Å². The number of carboxylic acid groups (broad SMARTS) is 1. The molecule has 0 radical (unpaired) electrons. The lowest BCUT2D eigenvalue weighted by Gasteiger charge is -2.14. The zero-order valence-corrected chi connectivity index (χ0v) is 11.0. The average Bonchev–Trinajstić information content (AvgIpc) is 3.10. The lowest BCUT2D eigenvalue weighted by Crippen LogP contribution is -2.19. The van der Waals surface area contributed by atoms with Gasteiger partial charge in [-0.3, -0.25) is 4.90 Å². The van der Waals surface area contributed by atoms with Crippen LogP contribution in [0.1, 0.15) is 34.2 Å². The second-order valence-electron chi connectivity index (χ2n) is 5.12. The van der Waals surface area contributed by atoms with Crippen molar-refractivity contribution in [2.75, 3.05) is 13.1 Å². The molecule has 104 valence electrons. The second kappa shape index (κ2) is 5.46. The number of aromatic nitrogens is 1. The Kier molecular flexibility index (Phi) is 3.52. The first-order chi connectivity index (χ1) is 9.72. The molecule has 1 N–H and O–H groups in total. The summed E-state index contributed by atoms with van der Waals surface area (Å²) in [5.74, 6) is 0.0951. The lowest BCUT2D eigenvalue weighted by atomic mass is 9.99. The van der Waals surface area contributed by atoms with Crippen molar-refractivity contribution in [2.45, 2.75) is 18.9 Å². The van der Waals surface area contributed by atoms with E-state index in [0.29, 0.717) is 18.2 Å². The van der Waals surface area contributed by atoms with Crippen LogP contribution in [0, 0.1) is 0 Å². The fourth-order valence-electron chi connectivity index (χ4n) is 2.68. The largest absolute Gasteiger partial charge is 0.476 e. The van der Waals surface area contributed by atoms with Gasteiger partial charge >= 0.3 is 5.97 Å². The van der Waals surface area contributed by atoms with Crippen LogP contribution in [-0.4, -0.2) is 34.2 Å². The molecule has 3 rings (SSSR count). The van der Waals surface area contributed by atoms with Gasteiger partial charge in [0, 0.05) is 12.6 Å². The Hall–Kier alpha value is -2.14. The molecule has 0 amide bonds. The highest BCUT2D eigenvalue weighted by Gasteiger charge is 2.25. The molecule has 1 aromatic carbocycles. The Labute approximate surface area is 116 Å². The molecule has 1 atom stereocenters. The molecule has 0 saturated carbocycles. The summed E-state index contributed by atoms with van der Waals surface area (Å²) >= 11 is 0. The maximum atomic E-state index is 10.8. The van der Waals surface area contributed by atoms with Gasteiger partial charge in [-0.1, -0.05) is 35.5 Å². The summed E-state index contributed by atoms with van der Waals surface area (Å²) in [6.45, 7) is 2.57. The van der Waals surface area contributed by atoms with Crippen LogP contribution in [0.3, 0.4) is 0 Å². The third-order valence-electron chi connectivity index (χ3n) is 3.70. The molecule has 1 unspecified atom stereocenters. The van der Waals surface area contributed by atoms with Gasteiger partial charge < -0.3 is 9.63 Å². The SMILES string of the molecule is O=C(O)c1cc(CN2CCC(c3ccccc3)C2)on1. The van der Waals surface area contributed by atoms with Gasteiger partial charge in [-0.05, 0) is 24.4 Å². The molecule has 2 aromatic rings. The maximum Gasteiger partial charge on any atom is 0.358 e. The Morgan fingerprint density at radius 1 is 1.40 bits per heavy atom. The minimum absolute atomic E-state index is 0.0289. The number of carboxylic acids is 1. The Bertz CT molecular complexity index is 594. The molecule has 0 aliphatic carbocycles. The number of benzene rings is 1. The number of carbonyl (C=O) groups is 1. The van der Waals surface area contributed by atoms with Gasteiger partial charge in [-0.25, -0.2) is 4.79 Å². The first kappa shape index (κ1) is 12.9. The van der Waals surface area contributed by atoms with Crippen LogP contribution in [0.5, 0.6) is 0 Å². The van der Waals surface area contributed by atoms with E-state index in [1.165, 1.54) is 11.6 Å². The van der Waals surface area contributed by atoms with E-state index in [1.54, 1.807) is 0 Å². The predicted molar refractivity (Wildman–Crippen MR) is 72.5 cm³/mol. The monoisotopic (exact) mass is 272 g/mol. The van der Waals surface area contributed by atoms with Gasteiger partial charge in [0.15, 0.2) is 11.5 Å². The van der Waals surface area contributed by atoms with E-state index >= 15 is 0 Å². The van der Waals surface area contributed by atoms with Crippen molar-refractivity contribution in [3.8, 4) is 0 Å². The van der Waals surface area contributed by atoms with E-state index in [4.69, 9.17) is 9.63 Å². The number of hydrogen-bond donors (Lipinski definition) is 1. The fraction of sp³-hybridized carbons (Fsp3) is 0.333. The molecule has 5 heteroatoms. The number of likely N-dealkylation sites (tertiary alicyclic amines) is 1. The molecule has 2 heterocycles. The van der Waals surface area contributed by atoms with Crippen molar-refractivity contribution in [3.05, 3.63) is 53.4 Å². The van der Waals surface area contributed by atoms with E-state index in [-0.39, 0.29) is 5.69 Å². The molecule has 20 heavy (non-hydrogen) atoms. The highest BCUT2D eigenvalue weighted by Crippen LogP contribution is 2.27. The topological polar surface area (TPSA) is 66.6 Å². The van der Waals surface area contributed by atoms with E-state index in [0.717, 1.165) is 19.5 Å². The Morgan fingerprint density at radius 3 is 2.90 bits per heavy atom. The maximum absolute atomic E-state index is 10.8. The molecule has 1 aliphatic heterocycles. The minimum Gasteiger partial charge on any atom is -0.476 e. The average molecular weight is 272 g/mol. The highest BCUT2D eigenvalue weighted by molar-refractivity contribution is 5.85. The quantitative estimate of drug-likeness (QED) is 0.925. The predicted octanol–water partition coefficient (Wildman–Crippen LogP) is 2.36. The van der Waals surface area contributed by atoms with Crippen LogP contribution >= 0.6 is 0 Å². The minimum atomic E-state index is -1.05. The third-order valence-corrected chi connectivity index (χ3v) is 3.70. The van der Waals surface area contributed by atoms with Gasteiger partial charge in [0.25, 0.3) is 0 Å². The summed E-state index contributed by atoms with van der Waals surface area (Å²) in [6, 6.07) is 12.0. The molecule has 5 nitrogen and oxygen atoms in total. The van der Waals surface area contributed by atoms with Gasteiger partial charge in [-0.15, -0.1) is 0 Å². The molecule has 0 bridgehead atoms. The van der Waals surface area contributed by atoms with Crippen molar-refractivity contribution >= 4 is 5.97 Å². The summed E-state index contributed by atoms with van der Waals surface area (Å²) < 4.78 is 5.06. The van der Waals surface area contributed by atoms with Crippen molar-refractivity contribution < 1.29 is 14.4 Å². The van der Waals surface area contributed by atoms with Crippen molar-refractivity contribution in [3.63, 3.8) is 0 Å². The van der Waals surface area contributed by atoms with E-state index in [1.807, 2.05) is 6.07 Å². The zero-order chi connectivity index (χ0) is 13.9. The third kappa shape index (κ3) is 2.72. The number of nitrogens with zero attached hydrogens (tertiary/aromatic N) is 2. The fourth-order valence-corrected chi connectivity index (χ4v) is 2.68. The molecule has 1 fully saturated rings. The summed E-state index contributed by atoms with van der Waals surface area (Å²) in [6.07, 6.45) is 1.12. The van der Waals surface area contributed by atoms with Crippen LogP contribution < -0.4 is 0 Å². The molecule has 1 saturated heterocycles. The Balaban J connectivity index is 1.61. The molecular formula is C15H16N2O3. The highest BCUT2D eigenvalue weighted by atomic mass is 16.5. The zero-order valence-electron chi connectivity index (χ0n) is 11.0. The normalized spacial score (nSPS) is 19.3. The first-order valence-electron chi connectivity index (χ1n) is 6.68. The van der Waals surface area contributed by atoms with E-state index < -0.39 is 5.97 Å². The number of aromatic carboxylic acids is 1. The lowest BCUT2D eigenvalue weighted by molar-refractivity contribution is 0.0685. The van der Waals surface area contributed by atoms with Gasteiger partial charge in [0.05, 0.1) is 6.54 Å². The van der Waals surface area contributed by atoms with Crippen molar-refractivity contribution in [2.24, 2.45) is 0 Å². The van der Waals surface area contributed by atoms with Crippen molar-refractivity contribution in [1.29, 1.82) is 0 Å². The number of hydrogen-bond acceptors (Lipinski definition) is 4. The van der Waals surface area contributed by atoms with Gasteiger partial charge in [-0.2, -0.15) is 0 Å². The Morgan fingerprint density at radius 2 is 2.20 bits per heavy atom. The van der Waals surface area contributed by atoms with Gasteiger partial charge in [0.2, 0.25) is 0 Å². The summed E-state index contributed by atoms with van der Waals surface area (Å²) in [7, 11) is 0. The van der Waals surface area contributed by atoms with E-state index in [2.05, 4.69) is 34.3 Å². The van der Waals surface area contributed by atoms with E-state index in [9.17, 15) is 4.79 Å². The molecule has 1 aliphatic rings. The molecule has 1 aromatic heterocycles. The van der Waals surface area contributed by atoms with Crippen LogP contribution in [0.25, 0.3) is 0 Å². The van der Waals surface area contributed by atoms with Crippen molar-refractivity contribution in [1.82, 2.24) is 10.1 Å². The van der Waals surface area contributed by atoms with Crippen LogP contribution in [0.4, 0.5) is 0 Å². The van der Waals surface area contributed by atoms with Crippen LogP contribution in [-0.2, 0) is 6.54 Å². The number of rotatable bonds is 4. The first-order valence-corrected chi connectivity index (χ1v) is 6.68. The smallest absolute Gasteiger partial charge is 0.358 e. The summed E-state index contributed by atoms with van der Waals surface area (Å²) in [5, 5.41) is 12.3. The molecular weight excluding hydrogens is 256 g/mol. The summed E-state index contributed by atoms with van der Waals surface area (Å²) in [5.41, 5.74) is 1.33.